The number of hydrogen-bond donors (Lipinski definition) is 0. The lowest BCUT2D eigenvalue weighted by Crippen LogP contribution is -2.03. The number of rotatable bonds is 4. The largest absolute Gasteiger partial charge is 0.496 e. The average Bonchev–Trinajstić information content (AvgIpc) is 2.43. The number of methoxy groups -OCH3 is 2. The maximum atomic E-state index is 6.18. The minimum atomic E-state index is 0.391. The monoisotopic (exact) mass is 404 g/mol. The number of halogens is 2. The first-order valence-corrected chi connectivity index (χ1v) is 7.38. The molecule has 2 rings (SSSR count). The molecular formula is C14H14ClIN2O2. The van der Waals surface area contributed by atoms with E-state index in [1.54, 1.807) is 14.2 Å². The Kier molecular flexibility index (Phi) is 5.17. The van der Waals surface area contributed by atoms with Gasteiger partial charge >= 0.3 is 0 Å². The molecule has 0 amide bonds. The third kappa shape index (κ3) is 3.21. The third-order valence-electron chi connectivity index (χ3n) is 2.76. The maximum Gasteiger partial charge on any atom is 0.165 e. The Morgan fingerprint density at radius 3 is 2.65 bits per heavy atom. The number of aromatic nitrogens is 2. The van der Waals surface area contributed by atoms with Crippen LogP contribution >= 0.6 is 34.2 Å². The lowest BCUT2D eigenvalue weighted by atomic mass is 10.1. The summed E-state index contributed by atoms with van der Waals surface area (Å²) in [6, 6.07) is 5.87. The highest BCUT2D eigenvalue weighted by Gasteiger charge is 2.15. The molecule has 2 aromatic rings. The van der Waals surface area contributed by atoms with Gasteiger partial charge in [-0.2, -0.15) is 0 Å². The molecule has 1 aromatic heterocycles. The summed E-state index contributed by atoms with van der Waals surface area (Å²) in [6.07, 6.45) is 0. The molecule has 0 spiro atoms. The van der Waals surface area contributed by atoms with Crippen molar-refractivity contribution < 1.29 is 9.47 Å². The van der Waals surface area contributed by atoms with E-state index in [0.29, 0.717) is 17.6 Å². The van der Waals surface area contributed by atoms with Crippen molar-refractivity contribution in [3.8, 4) is 17.1 Å². The Morgan fingerprint density at radius 2 is 2.00 bits per heavy atom. The van der Waals surface area contributed by atoms with Gasteiger partial charge in [0.2, 0.25) is 0 Å². The molecule has 1 aromatic carbocycles. The Labute approximate surface area is 136 Å². The standard InChI is InChI=1S/C14H14ClIN2O2/c1-8-4-5-9(11(6-8)20-3)14-17-10(7-19-2)12(16)13(15)18-14/h4-6H,7H2,1-3H3. The second-order valence-electron chi connectivity index (χ2n) is 4.24. The number of benzene rings is 1. The van der Waals surface area contributed by atoms with Crippen LogP contribution in [-0.2, 0) is 11.3 Å². The van der Waals surface area contributed by atoms with E-state index in [9.17, 15) is 0 Å². The van der Waals surface area contributed by atoms with Crippen molar-refractivity contribution in [2.24, 2.45) is 0 Å². The molecule has 0 radical (unpaired) electrons. The van der Waals surface area contributed by atoms with Crippen molar-refractivity contribution in [2.75, 3.05) is 14.2 Å². The highest BCUT2D eigenvalue weighted by atomic mass is 127. The Morgan fingerprint density at radius 1 is 1.25 bits per heavy atom. The first kappa shape index (κ1) is 15.5. The molecule has 0 saturated carbocycles. The van der Waals surface area contributed by atoms with Gasteiger partial charge in [-0.05, 0) is 47.2 Å². The lowest BCUT2D eigenvalue weighted by molar-refractivity contribution is 0.181. The normalized spacial score (nSPS) is 10.7. The van der Waals surface area contributed by atoms with Crippen LogP contribution in [0.1, 0.15) is 11.3 Å². The van der Waals surface area contributed by atoms with Gasteiger partial charge in [0.25, 0.3) is 0 Å². The zero-order chi connectivity index (χ0) is 14.7. The van der Waals surface area contributed by atoms with E-state index < -0.39 is 0 Å². The predicted octanol–water partition coefficient (Wildman–Crippen LogP) is 3.87. The molecule has 0 N–H and O–H groups in total. The maximum absolute atomic E-state index is 6.18. The van der Waals surface area contributed by atoms with Crippen LogP contribution < -0.4 is 4.74 Å². The molecule has 0 aliphatic carbocycles. The van der Waals surface area contributed by atoms with Gasteiger partial charge in [-0.25, -0.2) is 9.97 Å². The minimum Gasteiger partial charge on any atom is -0.496 e. The molecule has 1 heterocycles. The van der Waals surface area contributed by atoms with Crippen LogP contribution in [0, 0.1) is 10.5 Å². The first-order chi connectivity index (χ1) is 9.56. The van der Waals surface area contributed by atoms with Crippen molar-refractivity contribution >= 4 is 34.2 Å². The Hall–Kier alpha value is -0.920. The van der Waals surface area contributed by atoms with Crippen molar-refractivity contribution in [1.82, 2.24) is 9.97 Å². The van der Waals surface area contributed by atoms with Gasteiger partial charge in [-0.15, -0.1) is 0 Å². The summed E-state index contributed by atoms with van der Waals surface area (Å²) in [4.78, 5) is 8.86. The number of ether oxygens (including phenoxy) is 2. The molecule has 0 bridgehead atoms. The van der Waals surface area contributed by atoms with Gasteiger partial charge < -0.3 is 9.47 Å². The van der Waals surface area contributed by atoms with E-state index in [0.717, 1.165) is 26.1 Å². The topological polar surface area (TPSA) is 44.2 Å². The van der Waals surface area contributed by atoms with E-state index in [-0.39, 0.29) is 0 Å². The van der Waals surface area contributed by atoms with Crippen LogP contribution in [0.25, 0.3) is 11.4 Å². The molecule has 4 nitrogen and oxygen atoms in total. The summed E-state index contributed by atoms with van der Waals surface area (Å²) in [6.45, 7) is 2.39. The third-order valence-corrected chi connectivity index (χ3v) is 4.48. The van der Waals surface area contributed by atoms with E-state index in [2.05, 4.69) is 32.6 Å². The van der Waals surface area contributed by atoms with E-state index in [4.69, 9.17) is 21.1 Å². The second kappa shape index (κ2) is 6.69. The first-order valence-electron chi connectivity index (χ1n) is 5.92. The minimum absolute atomic E-state index is 0.391. The van der Waals surface area contributed by atoms with Crippen LogP contribution in [0.5, 0.6) is 5.75 Å². The summed E-state index contributed by atoms with van der Waals surface area (Å²) >= 11 is 8.30. The highest BCUT2D eigenvalue weighted by Crippen LogP contribution is 2.31. The van der Waals surface area contributed by atoms with Crippen LogP contribution in [0.4, 0.5) is 0 Å². The van der Waals surface area contributed by atoms with E-state index in [1.807, 2.05) is 25.1 Å². The second-order valence-corrected chi connectivity index (χ2v) is 5.67. The van der Waals surface area contributed by atoms with Gasteiger partial charge in [0.05, 0.1) is 28.5 Å². The summed E-state index contributed by atoms with van der Waals surface area (Å²) < 4.78 is 11.3. The zero-order valence-corrected chi connectivity index (χ0v) is 14.3. The predicted molar refractivity (Wildman–Crippen MR) is 87.2 cm³/mol. The van der Waals surface area contributed by atoms with Gasteiger partial charge in [0, 0.05) is 7.11 Å². The fourth-order valence-corrected chi connectivity index (χ4v) is 2.39. The van der Waals surface area contributed by atoms with Crippen LogP contribution in [0.2, 0.25) is 5.15 Å². The summed E-state index contributed by atoms with van der Waals surface area (Å²) in [7, 11) is 3.25. The molecule has 20 heavy (non-hydrogen) atoms. The highest BCUT2D eigenvalue weighted by molar-refractivity contribution is 14.1. The van der Waals surface area contributed by atoms with Crippen LogP contribution in [0.15, 0.2) is 18.2 Å². The summed E-state index contributed by atoms with van der Waals surface area (Å²) in [5.74, 6) is 1.27. The molecule has 0 aliphatic heterocycles. The zero-order valence-electron chi connectivity index (χ0n) is 11.4. The molecule has 0 saturated heterocycles. The fourth-order valence-electron chi connectivity index (χ4n) is 1.80. The Balaban J connectivity index is 2.58. The fraction of sp³-hybridized carbons (Fsp3) is 0.286. The molecule has 6 heteroatoms. The number of aryl methyl sites for hydroxylation is 1. The van der Waals surface area contributed by atoms with Crippen molar-refractivity contribution in [3.05, 3.63) is 38.2 Å². The van der Waals surface area contributed by atoms with Gasteiger partial charge in [-0.3, -0.25) is 0 Å². The quantitative estimate of drug-likeness (QED) is 0.573. The van der Waals surface area contributed by atoms with Crippen molar-refractivity contribution in [1.29, 1.82) is 0 Å². The molecule has 0 unspecified atom stereocenters. The van der Waals surface area contributed by atoms with Crippen LogP contribution in [0.3, 0.4) is 0 Å². The average molecular weight is 405 g/mol. The van der Waals surface area contributed by atoms with Gasteiger partial charge in [0.15, 0.2) is 5.82 Å². The summed E-state index contributed by atoms with van der Waals surface area (Å²) in [5, 5.41) is 0.422. The lowest BCUT2D eigenvalue weighted by Gasteiger charge is -2.11. The smallest absolute Gasteiger partial charge is 0.165 e. The molecule has 0 fully saturated rings. The van der Waals surface area contributed by atoms with Gasteiger partial charge in [0.1, 0.15) is 10.9 Å². The van der Waals surface area contributed by atoms with Gasteiger partial charge in [-0.1, -0.05) is 17.7 Å². The molecule has 0 aliphatic rings. The molecule has 106 valence electrons. The summed E-state index contributed by atoms with van der Waals surface area (Å²) in [5.41, 5.74) is 2.69. The van der Waals surface area contributed by atoms with E-state index in [1.165, 1.54) is 0 Å². The van der Waals surface area contributed by atoms with Crippen molar-refractivity contribution in [2.45, 2.75) is 13.5 Å². The molecular weight excluding hydrogens is 391 g/mol. The number of hydrogen-bond acceptors (Lipinski definition) is 4. The Bertz CT molecular complexity index is 635. The SMILES string of the molecule is COCc1nc(-c2ccc(C)cc2OC)nc(Cl)c1I. The van der Waals surface area contributed by atoms with Crippen LogP contribution in [-0.4, -0.2) is 24.2 Å². The van der Waals surface area contributed by atoms with Crippen molar-refractivity contribution in [3.63, 3.8) is 0 Å². The van der Waals surface area contributed by atoms with E-state index >= 15 is 0 Å². The molecule has 0 atom stereocenters. The number of nitrogens with zero attached hydrogens (tertiary/aromatic N) is 2.